The van der Waals surface area contributed by atoms with E-state index >= 15 is 0 Å². The van der Waals surface area contributed by atoms with Gasteiger partial charge in [-0.15, -0.1) is 11.8 Å². The number of aliphatic hydroxyl groups excluding tert-OH is 1. The maximum atomic E-state index is 13.5. The molecule has 0 aliphatic heterocycles. The first-order chi connectivity index (χ1) is 7.29. The van der Waals surface area contributed by atoms with Gasteiger partial charge in [0.15, 0.2) is 0 Å². The Kier molecular flexibility index (Phi) is 5.68. The van der Waals surface area contributed by atoms with E-state index < -0.39 is 0 Å². The minimum Gasteiger partial charge on any atom is -0.396 e. The van der Waals surface area contributed by atoms with E-state index in [1.165, 1.54) is 17.8 Å². The summed E-state index contributed by atoms with van der Waals surface area (Å²) < 4.78 is 13.5. The van der Waals surface area contributed by atoms with Crippen molar-refractivity contribution < 1.29 is 9.50 Å². The predicted octanol–water partition coefficient (Wildman–Crippen LogP) is 2.02. The summed E-state index contributed by atoms with van der Waals surface area (Å²) in [5.41, 5.74) is 0.692. The van der Waals surface area contributed by atoms with Crippen molar-refractivity contribution in [2.24, 2.45) is 0 Å². The lowest BCUT2D eigenvalue weighted by Gasteiger charge is -2.09. The van der Waals surface area contributed by atoms with Crippen LogP contribution in [0.4, 0.5) is 4.39 Å². The summed E-state index contributed by atoms with van der Waals surface area (Å²) in [6, 6.07) is 5.05. The van der Waals surface area contributed by atoms with E-state index in [0.717, 1.165) is 11.4 Å². The lowest BCUT2D eigenvalue weighted by atomic mass is 10.2. The summed E-state index contributed by atoms with van der Waals surface area (Å²) in [6.07, 6.45) is 0. The molecule has 0 spiro atoms. The fourth-order valence-corrected chi connectivity index (χ4v) is 2.08. The van der Waals surface area contributed by atoms with Crippen LogP contribution in [0, 0.1) is 5.82 Å². The van der Waals surface area contributed by atoms with Crippen LogP contribution in [0.25, 0.3) is 0 Å². The Morgan fingerprint density at radius 3 is 2.93 bits per heavy atom. The summed E-state index contributed by atoms with van der Waals surface area (Å²) in [7, 11) is 0. The van der Waals surface area contributed by atoms with Crippen LogP contribution in [0.2, 0.25) is 0 Å². The molecule has 0 heterocycles. The van der Waals surface area contributed by atoms with Crippen molar-refractivity contribution in [3.63, 3.8) is 0 Å². The van der Waals surface area contributed by atoms with Gasteiger partial charge in [0.25, 0.3) is 0 Å². The Balaban J connectivity index is 2.77. The topological polar surface area (TPSA) is 32.3 Å². The molecule has 0 fully saturated rings. The van der Waals surface area contributed by atoms with Crippen LogP contribution in [0.3, 0.4) is 0 Å². The summed E-state index contributed by atoms with van der Waals surface area (Å²) in [4.78, 5) is 0.907. The lowest BCUT2D eigenvalue weighted by molar-refractivity contribution is 0.322. The van der Waals surface area contributed by atoms with Crippen molar-refractivity contribution in [1.82, 2.24) is 5.32 Å². The summed E-state index contributed by atoms with van der Waals surface area (Å²) in [6.45, 7) is 3.46. The van der Waals surface area contributed by atoms with Crippen molar-refractivity contribution in [1.29, 1.82) is 0 Å². The fourth-order valence-electron chi connectivity index (χ4n) is 1.25. The largest absolute Gasteiger partial charge is 0.396 e. The molecule has 2 N–H and O–H groups in total. The van der Waals surface area contributed by atoms with Crippen LogP contribution in [-0.2, 0) is 6.54 Å². The van der Waals surface area contributed by atoms with Crippen molar-refractivity contribution >= 4 is 11.8 Å². The molecule has 84 valence electrons. The highest BCUT2D eigenvalue weighted by Gasteiger charge is 2.07. The Morgan fingerprint density at radius 2 is 2.27 bits per heavy atom. The van der Waals surface area contributed by atoms with Crippen molar-refractivity contribution in [3.8, 4) is 0 Å². The van der Waals surface area contributed by atoms with E-state index in [4.69, 9.17) is 5.11 Å². The smallest absolute Gasteiger partial charge is 0.128 e. The zero-order valence-corrected chi connectivity index (χ0v) is 9.61. The van der Waals surface area contributed by atoms with Crippen LogP contribution in [0.15, 0.2) is 23.1 Å². The molecule has 0 bridgehead atoms. The number of nitrogens with one attached hydrogen (secondary N) is 1. The van der Waals surface area contributed by atoms with E-state index in [9.17, 15) is 4.39 Å². The molecular formula is C11H16FNOS. The maximum Gasteiger partial charge on any atom is 0.128 e. The molecule has 0 aliphatic rings. The molecule has 0 amide bonds. The van der Waals surface area contributed by atoms with Crippen LogP contribution < -0.4 is 5.32 Å². The van der Waals surface area contributed by atoms with E-state index in [1.807, 2.05) is 13.0 Å². The van der Waals surface area contributed by atoms with Gasteiger partial charge in [0, 0.05) is 22.8 Å². The van der Waals surface area contributed by atoms with Crippen molar-refractivity contribution in [2.45, 2.75) is 18.4 Å². The molecule has 0 aliphatic carbocycles. The third kappa shape index (κ3) is 3.81. The van der Waals surface area contributed by atoms with Gasteiger partial charge in [-0.3, -0.25) is 0 Å². The predicted molar refractivity (Wildman–Crippen MR) is 61.6 cm³/mol. The quantitative estimate of drug-likeness (QED) is 0.732. The van der Waals surface area contributed by atoms with Gasteiger partial charge in [-0.2, -0.15) is 0 Å². The van der Waals surface area contributed by atoms with E-state index in [0.29, 0.717) is 17.9 Å². The number of rotatable bonds is 6. The van der Waals surface area contributed by atoms with Crippen LogP contribution in [0.1, 0.15) is 12.5 Å². The zero-order valence-electron chi connectivity index (χ0n) is 8.79. The molecule has 1 aromatic rings. The highest BCUT2D eigenvalue weighted by Crippen LogP contribution is 2.24. The summed E-state index contributed by atoms with van der Waals surface area (Å²) in [5.74, 6) is 0.418. The molecule has 0 saturated heterocycles. The minimum atomic E-state index is -0.182. The molecule has 15 heavy (non-hydrogen) atoms. The molecular weight excluding hydrogens is 213 g/mol. The molecule has 0 aromatic heterocycles. The minimum absolute atomic E-state index is 0.113. The highest BCUT2D eigenvalue weighted by atomic mass is 32.2. The first-order valence-corrected chi connectivity index (χ1v) is 6.00. The van der Waals surface area contributed by atoms with E-state index in [2.05, 4.69) is 5.32 Å². The van der Waals surface area contributed by atoms with Crippen LogP contribution in [0.5, 0.6) is 0 Å². The Labute approximate surface area is 93.9 Å². The number of aliphatic hydroxyl groups is 1. The Hall–Kier alpha value is -0.580. The molecule has 4 heteroatoms. The third-order valence-corrected chi connectivity index (χ3v) is 3.06. The second kappa shape index (κ2) is 6.82. The van der Waals surface area contributed by atoms with Gasteiger partial charge < -0.3 is 10.4 Å². The number of benzene rings is 1. The molecule has 1 rings (SSSR count). The van der Waals surface area contributed by atoms with Gasteiger partial charge in [-0.1, -0.05) is 13.0 Å². The first-order valence-electron chi connectivity index (χ1n) is 5.01. The first kappa shape index (κ1) is 12.5. The molecule has 0 unspecified atom stereocenters. The third-order valence-electron chi connectivity index (χ3n) is 1.98. The normalized spacial score (nSPS) is 10.6. The van der Waals surface area contributed by atoms with Gasteiger partial charge >= 0.3 is 0 Å². The standard InChI is InChI=1S/C11H16FNOS/c1-2-13-8-9-10(12)4-3-5-11(9)15-7-6-14/h3-5,13-14H,2,6-8H2,1H3. The van der Waals surface area contributed by atoms with E-state index in [-0.39, 0.29) is 12.4 Å². The molecule has 0 saturated carbocycles. The average Bonchev–Trinajstić information content (AvgIpc) is 2.25. The van der Waals surface area contributed by atoms with Gasteiger partial charge in [-0.05, 0) is 18.7 Å². The zero-order chi connectivity index (χ0) is 11.1. The lowest BCUT2D eigenvalue weighted by Crippen LogP contribution is -2.13. The second-order valence-electron chi connectivity index (χ2n) is 3.07. The Morgan fingerprint density at radius 1 is 1.47 bits per heavy atom. The molecule has 1 aromatic carbocycles. The van der Waals surface area contributed by atoms with E-state index in [1.54, 1.807) is 6.07 Å². The van der Waals surface area contributed by atoms with Gasteiger partial charge in [-0.25, -0.2) is 4.39 Å². The number of halogens is 1. The van der Waals surface area contributed by atoms with Gasteiger partial charge in [0.2, 0.25) is 0 Å². The Bertz CT molecular complexity index is 307. The average molecular weight is 229 g/mol. The number of hydrogen-bond acceptors (Lipinski definition) is 3. The summed E-state index contributed by atoms with van der Waals surface area (Å²) in [5, 5.41) is 11.8. The fraction of sp³-hybridized carbons (Fsp3) is 0.455. The van der Waals surface area contributed by atoms with Crippen LogP contribution in [-0.4, -0.2) is 24.0 Å². The number of thioether (sulfide) groups is 1. The molecule has 0 radical (unpaired) electrons. The van der Waals surface area contributed by atoms with Gasteiger partial charge in [0.05, 0.1) is 6.61 Å². The maximum absolute atomic E-state index is 13.5. The van der Waals surface area contributed by atoms with Crippen molar-refractivity contribution in [2.75, 3.05) is 18.9 Å². The van der Waals surface area contributed by atoms with Crippen molar-refractivity contribution in [3.05, 3.63) is 29.6 Å². The SMILES string of the molecule is CCNCc1c(F)cccc1SCCO. The molecule has 2 nitrogen and oxygen atoms in total. The monoisotopic (exact) mass is 229 g/mol. The van der Waals surface area contributed by atoms with Gasteiger partial charge in [0.1, 0.15) is 5.82 Å². The molecule has 0 atom stereocenters. The highest BCUT2D eigenvalue weighted by molar-refractivity contribution is 7.99. The summed E-state index contributed by atoms with van der Waals surface area (Å²) >= 11 is 1.48. The number of hydrogen-bond donors (Lipinski definition) is 2. The van der Waals surface area contributed by atoms with Crippen LogP contribution >= 0.6 is 11.8 Å². The second-order valence-corrected chi connectivity index (χ2v) is 4.21.